The van der Waals surface area contributed by atoms with Crippen molar-refractivity contribution in [2.45, 2.75) is 69.9 Å². The van der Waals surface area contributed by atoms with Crippen molar-refractivity contribution in [2.24, 2.45) is 0 Å². The molecule has 0 aromatic heterocycles. The number of likely N-dealkylation sites (N-methyl/N-ethyl adjacent to an activating group) is 1. The van der Waals surface area contributed by atoms with Crippen LogP contribution in [-0.2, 0) is 4.79 Å². The maximum absolute atomic E-state index is 12.9. The summed E-state index contributed by atoms with van der Waals surface area (Å²) in [6, 6.07) is 0.391. The third kappa shape index (κ3) is 4.19. The zero-order chi connectivity index (χ0) is 15.3. The Morgan fingerprint density at radius 1 is 1.19 bits per heavy atom. The minimum absolute atomic E-state index is 0.0613. The van der Waals surface area contributed by atoms with Crippen LogP contribution in [0.1, 0.15) is 58.3 Å². The minimum Gasteiger partial charge on any atom is -0.338 e. The van der Waals surface area contributed by atoms with Crippen molar-refractivity contribution >= 4 is 5.91 Å². The first kappa shape index (κ1) is 16.8. The van der Waals surface area contributed by atoms with E-state index >= 15 is 0 Å². The lowest BCUT2D eigenvalue weighted by Crippen LogP contribution is -2.51. The minimum atomic E-state index is 0.0613. The lowest BCUT2D eigenvalue weighted by Gasteiger charge is -2.39. The molecular formula is C17H33N3O. The molecule has 1 aliphatic heterocycles. The highest BCUT2D eigenvalue weighted by Crippen LogP contribution is 2.31. The number of rotatable bonds is 4. The molecule has 0 aromatic rings. The van der Waals surface area contributed by atoms with Gasteiger partial charge in [0.25, 0.3) is 0 Å². The van der Waals surface area contributed by atoms with Crippen LogP contribution in [0.2, 0.25) is 0 Å². The van der Waals surface area contributed by atoms with Crippen molar-refractivity contribution in [1.29, 1.82) is 0 Å². The van der Waals surface area contributed by atoms with Crippen LogP contribution in [0.15, 0.2) is 0 Å². The zero-order valence-electron chi connectivity index (χ0n) is 14.2. The average Bonchev–Trinajstić information content (AvgIpc) is 2.69. The Kier molecular flexibility index (Phi) is 6.06. The molecule has 1 amide bonds. The standard InChI is InChI=1S/C17H33N3O/c1-4-15-14-19(3)11-8-12-20(15)16(21)13-17(18-2)9-6-5-7-10-17/h15,18H,4-14H2,1-3H3. The fraction of sp³-hybridized carbons (Fsp3) is 0.941. The number of amides is 1. The van der Waals surface area contributed by atoms with Crippen molar-refractivity contribution in [1.82, 2.24) is 15.1 Å². The summed E-state index contributed by atoms with van der Waals surface area (Å²) in [5.74, 6) is 0.369. The van der Waals surface area contributed by atoms with Gasteiger partial charge in [0.05, 0.1) is 0 Å². The highest BCUT2D eigenvalue weighted by atomic mass is 16.2. The van der Waals surface area contributed by atoms with Gasteiger partial charge in [-0.1, -0.05) is 26.2 Å². The molecule has 4 heteroatoms. The van der Waals surface area contributed by atoms with Crippen LogP contribution < -0.4 is 5.32 Å². The third-order valence-corrected chi connectivity index (χ3v) is 5.52. The number of nitrogens with zero attached hydrogens (tertiary/aromatic N) is 2. The predicted octanol–water partition coefficient (Wildman–Crippen LogP) is 2.24. The van der Waals surface area contributed by atoms with Gasteiger partial charge >= 0.3 is 0 Å². The van der Waals surface area contributed by atoms with Crippen molar-refractivity contribution in [3.8, 4) is 0 Å². The molecule has 0 aromatic carbocycles. The molecule has 2 fully saturated rings. The van der Waals surface area contributed by atoms with Gasteiger partial charge in [0, 0.05) is 31.1 Å². The van der Waals surface area contributed by atoms with Crippen LogP contribution in [-0.4, -0.2) is 61.0 Å². The van der Waals surface area contributed by atoms with Gasteiger partial charge in [0.15, 0.2) is 0 Å². The van der Waals surface area contributed by atoms with E-state index in [-0.39, 0.29) is 5.54 Å². The molecular weight excluding hydrogens is 262 g/mol. The van der Waals surface area contributed by atoms with E-state index in [9.17, 15) is 4.79 Å². The normalized spacial score (nSPS) is 27.4. The molecule has 122 valence electrons. The maximum Gasteiger partial charge on any atom is 0.224 e. The van der Waals surface area contributed by atoms with Crippen molar-refractivity contribution < 1.29 is 4.79 Å². The predicted molar refractivity (Wildman–Crippen MR) is 87.4 cm³/mol. The zero-order valence-corrected chi connectivity index (χ0v) is 14.2. The lowest BCUT2D eigenvalue weighted by atomic mass is 9.79. The summed E-state index contributed by atoms with van der Waals surface area (Å²) in [7, 11) is 4.21. The second kappa shape index (κ2) is 7.59. The van der Waals surface area contributed by atoms with Crippen LogP contribution in [0.4, 0.5) is 0 Å². The van der Waals surface area contributed by atoms with Crippen molar-refractivity contribution in [2.75, 3.05) is 33.7 Å². The second-order valence-electron chi connectivity index (χ2n) is 7.03. The quantitative estimate of drug-likeness (QED) is 0.864. The van der Waals surface area contributed by atoms with Gasteiger partial charge in [0.1, 0.15) is 0 Å². The molecule has 1 saturated carbocycles. The molecule has 2 aliphatic rings. The van der Waals surface area contributed by atoms with E-state index in [0.717, 1.165) is 45.3 Å². The summed E-state index contributed by atoms with van der Waals surface area (Å²) in [6.45, 7) is 5.27. The van der Waals surface area contributed by atoms with E-state index in [0.29, 0.717) is 18.4 Å². The molecule has 1 aliphatic carbocycles. The molecule has 4 nitrogen and oxygen atoms in total. The first-order valence-electron chi connectivity index (χ1n) is 8.77. The summed E-state index contributed by atoms with van der Waals surface area (Å²) >= 11 is 0. The molecule has 1 N–H and O–H groups in total. The Balaban J connectivity index is 2.02. The topological polar surface area (TPSA) is 35.6 Å². The van der Waals surface area contributed by atoms with E-state index in [1.165, 1.54) is 19.3 Å². The fourth-order valence-corrected chi connectivity index (χ4v) is 4.06. The van der Waals surface area contributed by atoms with Gasteiger partial charge in [-0.15, -0.1) is 0 Å². The number of carbonyl (C=O) groups is 1. The Morgan fingerprint density at radius 3 is 2.52 bits per heavy atom. The van der Waals surface area contributed by atoms with Crippen LogP contribution in [0, 0.1) is 0 Å². The SMILES string of the molecule is CCC1CN(C)CCCN1C(=O)CC1(NC)CCCCC1. The van der Waals surface area contributed by atoms with Gasteiger partial charge in [-0.2, -0.15) is 0 Å². The Morgan fingerprint density at radius 2 is 1.90 bits per heavy atom. The first-order valence-corrected chi connectivity index (χ1v) is 8.77. The van der Waals surface area contributed by atoms with Crippen molar-refractivity contribution in [3.05, 3.63) is 0 Å². The van der Waals surface area contributed by atoms with Crippen molar-refractivity contribution in [3.63, 3.8) is 0 Å². The number of hydrogen-bond acceptors (Lipinski definition) is 3. The summed E-state index contributed by atoms with van der Waals surface area (Å²) in [4.78, 5) is 17.5. The average molecular weight is 295 g/mol. The molecule has 1 heterocycles. The first-order chi connectivity index (χ1) is 10.1. The van der Waals surface area contributed by atoms with Crippen LogP contribution in [0.25, 0.3) is 0 Å². The summed E-state index contributed by atoms with van der Waals surface area (Å²) in [6.07, 6.45) is 8.99. The van der Waals surface area contributed by atoms with Gasteiger partial charge in [-0.25, -0.2) is 0 Å². The Bertz CT molecular complexity index is 339. The van der Waals surface area contributed by atoms with Gasteiger partial charge in [-0.05, 0) is 46.3 Å². The summed E-state index contributed by atoms with van der Waals surface area (Å²) in [5, 5.41) is 3.49. The highest BCUT2D eigenvalue weighted by Gasteiger charge is 2.36. The van der Waals surface area contributed by atoms with E-state index < -0.39 is 0 Å². The van der Waals surface area contributed by atoms with Crippen LogP contribution in [0.3, 0.4) is 0 Å². The van der Waals surface area contributed by atoms with Gasteiger partial charge in [-0.3, -0.25) is 4.79 Å². The number of carbonyl (C=O) groups excluding carboxylic acids is 1. The molecule has 2 rings (SSSR count). The molecule has 0 spiro atoms. The fourth-order valence-electron chi connectivity index (χ4n) is 4.06. The summed E-state index contributed by atoms with van der Waals surface area (Å²) < 4.78 is 0. The molecule has 1 atom stereocenters. The summed E-state index contributed by atoms with van der Waals surface area (Å²) in [5.41, 5.74) is 0.0613. The van der Waals surface area contributed by atoms with E-state index in [4.69, 9.17) is 0 Å². The number of nitrogens with one attached hydrogen (secondary N) is 1. The van der Waals surface area contributed by atoms with Gasteiger partial charge < -0.3 is 15.1 Å². The highest BCUT2D eigenvalue weighted by molar-refractivity contribution is 5.78. The largest absolute Gasteiger partial charge is 0.338 e. The lowest BCUT2D eigenvalue weighted by molar-refractivity contribution is -0.135. The number of hydrogen-bond donors (Lipinski definition) is 1. The smallest absolute Gasteiger partial charge is 0.224 e. The van der Waals surface area contributed by atoms with E-state index in [2.05, 4.69) is 29.1 Å². The molecule has 1 unspecified atom stereocenters. The van der Waals surface area contributed by atoms with Crippen LogP contribution in [0.5, 0.6) is 0 Å². The maximum atomic E-state index is 12.9. The van der Waals surface area contributed by atoms with E-state index in [1.54, 1.807) is 0 Å². The van der Waals surface area contributed by atoms with Gasteiger partial charge in [0.2, 0.25) is 5.91 Å². The van der Waals surface area contributed by atoms with Crippen LogP contribution >= 0.6 is 0 Å². The molecule has 0 bridgehead atoms. The third-order valence-electron chi connectivity index (χ3n) is 5.52. The Hall–Kier alpha value is -0.610. The monoisotopic (exact) mass is 295 g/mol. The molecule has 0 radical (unpaired) electrons. The Labute approximate surface area is 130 Å². The second-order valence-corrected chi connectivity index (χ2v) is 7.03. The molecule has 1 saturated heterocycles. The van der Waals surface area contributed by atoms with E-state index in [1.807, 2.05) is 7.05 Å². The molecule has 21 heavy (non-hydrogen) atoms.